The lowest BCUT2D eigenvalue weighted by Gasteiger charge is -2.13. The van der Waals surface area contributed by atoms with Crippen molar-refractivity contribution in [1.29, 1.82) is 0 Å². The molecule has 0 amide bonds. The Kier molecular flexibility index (Phi) is 20.1. The van der Waals surface area contributed by atoms with E-state index < -0.39 is 20.0 Å². The second-order valence-electron chi connectivity index (χ2n) is 10.6. The largest absolute Gasteiger partial charge is 0.241 e. The standard InChI is InChI=1S/C30H56N2O4S2/c1-3-5-7-9-11-13-15-17-19-23-27-31-37(33,34)29-25-21-22-26-30(29)38(35,36)32-28-24-20-18-16-14-12-10-8-6-4-2/h21-22,25-26,31-32H,3-20,23-24,27-28H2,1-2H3. The van der Waals surface area contributed by atoms with Crippen LogP contribution in [-0.4, -0.2) is 29.9 Å². The van der Waals surface area contributed by atoms with Gasteiger partial charge in [0.15, 0.2) is 0 Å². The Hall–Kier alpha value is -0.960. The average Bonchev–Trinajstić information content (AvgIpc) is 2.90. The maximum atomic E-state index is 12.9. The first-order valence-electron chi connectivity index (χ1n) is 15.4. The number of sulfonamides is 2. The molecule has 0 bridgehead atoms. The van der Waals surface area contributed by atoms with Crippen molar-refractivity contribution in [1.82, 2.24) is 9.44 Å². The molecule has 0 aliphatic heterocycles. The Morgan fingerprint density at radius 1 is 0.447 bits per heavy atom. The number of nitrogens with one attached hydrogen (secondary N) is 2. The van der Waals surface area contributed by atoms with Gasteiger partial charge in [-0.15, -0.1) is 0 Å². The van der Waals surface area contributed by atoms with Crippen molar-refractivity contribution in [2.24, 2.45) is 0 Å². The molecule has 0 heterocycles. The number of unbranched alkanes of at least 4 members (excludes halogenated alkanes) is 18. The highest BCUT2D eigenvalue weighted by atomic mass is 32.2. The van der Waals surface area contributed by atoms with Gasteiger partial charge in [-0.25, -0.2) is 26.3 Å². The summed E-state index contributed by atoms with van der Waals surface area (Å²) in [6.07, 6.45) is 23.5. The maximum Gasteiger partial charge on any atom is 0.241 e. The van der Waals surface area contributed by atoms with Gasteiger partial charge in [-0.05, 0) is 25.0 Å². The first-order chi connectivity index (χ1) is 18.3. The van der Waals surface area contributed by atoms with Gasteiger partial charge in [0.1, 0.15) is 9.79 Å². The maximum absolute atomic E-state index is 12.9. The van der Waals surface area contributed by atoms with Crippen molar-refractivity contribution in [3.63, 3.8) is 0 Å². The molecule has 0 unspecified atom stereocenters. The van der Waals surface area contributed by atoms with Crippen LogP contribution in [0.2, 0.25) is 0 Å². The minimum absolute atomic E-state index is 0.178. The summed E-state index contributed by atoms with van der Waals surface area (Å²) in [7, 11) is -7.82. The van der Waals surface area contributed by atoms with E-state index in [0.717, 1.165) is 38.5 Å². The topological polar surface area (TPSA) is 92.3 Å². The zero-order valence-electron chi connectivity index (χ0n) is 24.3. The molecular formula is C30H56N2O4S2. The van der Waals surface area contributed by atoms with Gasteiger partial charge in [-0.1, -0.05) is 142 Å². The molecule has 0 fully saturated rings. The van der Waals surface area contributed by atoms with Gasteiger partial charge in [0, 0.05) is 13.1 Å². The van der Waals surface area contributed by atoms with Crippen LogP contribution in [-0.2, 0) is 20.0 Å². The van der Waals surface area contributed by atoms with E-state index in [-0.39, 0.29) is 9.79 Å². The minimum atomic E-state index is -3.91. The molecule has 0 radical (unpaired) electrons. The van der Waals surface area contributed by atoms with Gasteiger partial charge >= 0.3 is 0 Å². The second-order valence-corrected chi connectivity index (χ2v) is 14.1. The Morgan fingerprint density at radius 2 is 0.711 bits per heavy atom. The first-order valence-corrected chi connectivity index (χ1v) is 18.4. The summed E-state index contributed by atoms with van der Waals surface area (Å²) in [6, 6.07) is 5.87. The van der Waals surface area contributed by atoms with Crippen molar-refractivity contribution in [3.8, 4) is 0 Å². The number of rotatable bonds is 26. The van der Waals surface area contributed by atoms with Crippen LogP contribution in [0.1, 0.15) is 142 Å². The van der Waals surface area contributed by atoms with Crippen LogP contribution in [0.3, 0.4) is 0 Å². The highest BCUT2D eigenvalue weighted by Gasteiger charge is 2.25. The molecule has 1 aromatic rings. The molecule has 1 aromatic carbocycles. The molecule has 0 atom stereocenters. The fraction of sp³-hybridized carbons (Fsp3) is 0.800. The van der Waals surface area contributed by atoms with Crippen LogP contribution < -0.4 is 9.44 Å². The van der Waals surface area contributed by atoms with Gasteiger partial charge in [0.05, 0.1) is 0 Å². The zero-order valence-corrected chi connectivity index (χ0v) is 25.9. The van der Waals surface area contributed by atoms with Crippen LogP contribution in [0.5, 0.6) is 0 Å². The lowest BCUT2D eigenvalue weighted by molar-refractivity contribution is 0.544. The van der Waals surface area contributed by atoms with E-state index in [4.69, 9.17) is 0 Å². The van der Waals surface area contributed by atoms with Crippen molar-refractivity contribution in [2.45, 2.75) is 152 Å². The van der Waals surface area contributed by atoms with E-state index in [2.05, 4.69) is 23.3 Å². The van der Waals surface area contributed by atoms with E-state index in [1.54, 1.807) is 12.1 Å². The van der Waals surface area contributed by atoms with Gasteiger partial charge < -0.3 is 0 Å². The molecule has 0 saturated heterocycles. The quantitative estimate of drug-likeness (QED) is 0.110. The highest BCUT2D eigenvalue weighted by Crippen LogP contribution is 2.21. The van der Waals surface area contributed by atoms with Crippen LogP contribution in [0.25, 0.3) is 0 Å². The van der Waals surface area contributed by atoms with E-state index in [9.17, 15) is 16.8 Å². The number of hydrogen-bond donors (Lipinski definition) is 2. The van der Waals surface area contributed by atoms with E-state index in [1.807, 2.05) is 0 Å². The Morgan fingerprint density at radius 3 is 1.00 bits per heavy atom. The molecule has 8 heteroatoms. The fourth-order valence-electron chi connectivity index (χ4n) is 4.69. The van der Waals surface area contributed by atoms with Crippen LogP contribution in [0.4, 0.5) is 0 Å². The Bertz CT molecular complexity index is 843. The molecule has 0 spiro atoms. The van der Waals surface area contributed by atoms with Crippen LogP contribution in [0.15, 0.2) is 34.1 Å². The zero-order chi connectivity index (χ0) is 28.0. The molecule has 1 rings (SSSR count). The normalized spacial score (nSPS) is 12.3. The smallest absolute Gasteiger partial charge is 0.211 e. The summed E-state index contributed by atoms with van der Waals surface area (Å²) in [5, 5.41) is 0. The third kappa shape index (κ3) is 16.2. The highest BCUT2D eigenvalue weighted by molar-refractivity contribution is 7.92. The predicted molar refractivity (Wildman–Crippen MR) is 161 cm³/mol. The molecule has 6 nitrogen and oxygen atoms in total. The molecule has 222 valence electrons. The van der Waals surface area contributed by atoms with E-state index in [1.165, 1.54) is 102 Å². The van der Waals surface area contributed by atoms with E-state index in [0.29, 0.717) is 13.1 Å². The predicted octanol–water partition coefficient (Wildman–Crippen LogP) is 8.09. The van der Waals surface area contributed by atoms with Gasteiger partial charge in [0.25, 0.3) is 0 Å². The molecule has 38 heavy (non-hydrogen) atoms. The van der Waals surface area contributed by atoms with Crippen molar-refractivity contribution >= 4 is 20.0 Å². The molecule has 0 saturated carbocycles. The second kappa shape index (κ2) is 21.8. The molecule has 0 aliphatic rings. The number of hydrogen-bond acceptors (Lipinski definition) is 4. The summed E-state index contributed by atoms with van der Waals surface area (Å²) in [5.41, 5.74) is 0. The summed E-state index contributed by atoms with van der Waals surface area (Å²) < 4.78 is 56.9. The van der Waals surface area contributed by atoms with Crippen molar-refractivity contribution < 1.29 is 16.8 Å². The third-order valence-electron chi connectivity index (χ3n) is 7.07. The first kappa shape index (κ1) is 35.1. The van der Waals surface area contributed by atoms with Gasteiger partial charge in [-0.2, -0.15) is 0 Å². The molecule has 2 N–H and O–H groups in total. The van der Waals surface area contributed by atoms with Crippen LogP contribution in [0, 0.1) is 0 Å². The average molecular weight is 573 g/mol. The summed E-state index contributed by atoms with van der Waals surface area (Å²) >= 11 is 0. The van der Waals surface area contributed by atoms with Crippen molar-refractivity contribution in [2.75, 3.05) is 13.1 Å². The lowest BCUT2D eigenvalue weighted by Crippen LogP contribution is -2.30. The SMILES string of the molecule is CCCCCCCCCCCCNS(=O)(=O)c1ccccc1S(=O)(=O)NCCCCCCCCCCCC. The van der Waals surface area contributed by atoms with Crippen LogP contribution >= 0.6 is 0 Å². The minimum Gasteiger partial charge on any atom is -0.211 e. The van der Waals surface area contributed by atoms with Crippen molar-refractivity contribution in [3.05, 3.63) is 24.3 Å². The van der Waals surface area contributed by atoms with E-state index >= 15 is 0 Å². The Labute approximate surface area is 235 Å². The molecular weight excluding hydrogens is 516 g/mol. The Balaban J connectivity index is 2.35. The molecule has 0 aliphatic carbocycles. The summed E-state index contributed by atoms with van der Waals surface area (Å²) in [4.78, 5) is -0.356. The number of benzene rings is 1. The summed E-state index contributed by atoms with van der Waals surface area (Å²) in [5.74, 6) is 0. The third-order valence-corrected chi connectivity index (χ3v) is 10.2. The van der Waals surface area contributed by atoms with Gasteiger partial charge in [0.2, 0.25) is 20.0 Å². The fourth-order valence-corrected chi connectivity index (χ4v) is 7.66. The monoisotopic (exact) mass is 572 g/mol. The molecule has 0 aromatic heterocycles. The lowest BCUT2D eigenvalue weighted by atomic mass is 10.1. The van der Waals surface area contributed by atoms with Gasteiger partial charge in [-0.3, -0.25) is 0 Å². The summed E-state index contributed by atoms with van der Waals surface area (Å²) in [6.45, 7) is 5.09.